The minimum atomic E-state index is 0.568. The van der Waals surface area contributed by atoms with Crippen LogP contribution in [0.25, 0.3) is 0 Å². The van der Waals surface area contributed by atoms with Crippen LogP contribution in [-0.4, -0.2) is 18.6 Å². The molecule has 0 unspecified atom stereocenters. The second-order valence-electron chi connectivity index (χ2n) is 3.17. The van der Waals surface area contributed by atoms with E-state index in [1.54, 1.807) is 0 Å². The lowest BCUT2D eigenvalue weighted by atomic mass is 10.2. The highest BCUT2D eigenvalue weighted by molar-refractivity contribution is 7.11. The number of hydrogen-bond acceptors (Lipinski definition) is 3. The van der Waals surface area contributed by atoms with E-state index in [1.807, 2.05) is 24.6 Å². The predicted octanol–water partition coefficient (Wildman–Crippen LogP) is 2.03. The lowest BCUT2D eigenvalue weighted by molar-refractivity contribution is 0.797. The first-order valence-electron chi connectivity index (χ1n) is 4.33. The third kappa shape index (κ3) is 2.57. The molecule has 0 aromatic carbocycles. The van der Waals surface area contributed by atoms with Crippen molar-refractivity contribution in [2.45, 2.75) is 26.2 Å². The van der Waals surface area contributed by atoms with Crippen LogP contribution in [0.15, 0.2) is 6.20 Å². The molecule has 0 radical (unpaired) electrons. The fourth-order valence-electron chi connectivity index (χ4n) is 0.953. The monoisotopic (exact) mass is 184 g/mol. The summed E-state index contributed by atoms with van der Waals surface area (Å²) in [7, 11) is 1.98. The molecule has 0 spiro atoms. The molecule has 0 fully saturated rings. The molecule has 0 aliphatic carbocycles. The average Bonchev–Trinajstić information content (AvgIpc) is 2.48. The van der Waals surface area contributed by atoms with Gasteiger partial charge < -0.3 is 5.32 Å². The van der Waals surface area contributed by atoms with Crippen molar-refractivity contribution in [1.82, 2.24) is 10.3 Å². The number of thiazole rings is 1. The second kappa shape index (κ2) is 4.58. The molecular formula is C9H16N2S. The molecule has 0 atom stereocenters. The van der Waals surface area contributed by atoms with Gasteiger partial charge in [0.1, 0.15) is 0 Å². The molecule has 12 heavy (non-hydrogen) atoms. The van der Waals surface area contributed by atoms with E-state index in [1.165, 1.54) is 9.88 Å². The molecule has 3 heteroatoms. The minimum absolute atomic E-state index is 0.568. The SMILES string of the molecule is CNCCc1cnc(C(C)C)s1. The van der Waals surface area contributed by atoms with Gasteiger partial charge in [-0.2, -0.15) is 0 Å². The van der Waals surface area contributed by atoms with Crippen LogP contribution in [0.4, 0.5) is 0 Å². The van der Waals surface area contributed by atoms with E-state index in [9.17, 15) is 0 Å². The Labute approximate surface area is 78.0 Å². The van der Waals surface area contributed by atoms with Crippen LogP contribution in [0.2, 0.25) is 0 Å². The number of nitrogens with one attached hydrogen (secondary N) is 1. The topological polar surface area (TPSA) is 24.9 Å². The Bertz CT molecular complexity index is 230. The third-order valence-corrected chi connectivity index (χ3v) is 3.04. The summed E-state index contributed by atoms with van der Waals surface area (Å²) in [4.78, 5) is 5.74. The van der Waals surface area contributed by atoms with Crippen molar-refractivity contribution in [2.24, 2.45) is 0 Å². The fourth-order valence-corrected chi connectivity index (χ4v) is 1.87. The highest BCUT2D eigenvalue weighted by atomic mass is 32.1. The van der Waals surface area contributed by atoms with Crippen molar-refractivity contribution in [1.29, 1.82) is 0 Å². The average molecular weight is 184 g/mol. The minimum Gasteiger partial charge on any atom is -0.319 e. The van der Waals surface area contributed by atoms with Crippen molar-refractivity contribution in [3.05, 3.63) is 16.1 Å². The van der Waals surface area contributed by atoms with E-state index in [-0.39, 0.29) is 0 Å². The molecule has 0 bridgehead atoms. The van der Waals surface area contributed by atoms with Crippen molar-refractivity contribution in [3.8, 4) is 0 Å². The largest absolute Gasteiger partial charge is 0.319 e. The second-order valence-corrected chi connectivity index (χ2v) is 4.32. The molecule has 0 amide bonds. The van der Waals surface area contributed by atoms with Crippen LogP contribution in [0, 0.1) is 0 Å². The van der Waals surface area contributed by atoms with Gasteiger partial charge in [0, 0.05) is 17.0 Å². The Kier molecular flexibility index (Phi) is 3.69. The van der Waals surface area contributed by atoms with Crippen LogP contribution < -0.4 is 5.32 Å². The zero-order chi connectivity index (χ0) is 8.97. The summed E-state index contributed by atoms with van der Waals surface area (Å²) < 4.78 is 0. The van der Waals surface area contributed by atoms with E-state index in [4.69, 9.17) is 0 Å². The van der Waals surface area contributed by atoms with Crippen molar-refractivity contribution >= 4 is 11.3 Å². The lowest BCUT2D eigenvalue weighted by Crippen LogP contribution is -2.09. The first kappa shape index (κ1) is 9.68. The molecule has 0 aliphatic heterocycles. The first-order chi connectivity index (χ1) is 5.74. The van der Waals surface area contributed by atoms with Crippen LogP contribution >= 0.6 is 11.3 Å². The molecule has 1 rings (SSSR count). The van der Waals surface area contributed by atoms with Gasteiger partial charge in [0.15, 0.2) is 0 Å². The number of aromatic nitrogens is 1. The van der Waals surface area contributed by atoms with Gasteiger partial charge >= 0.3 is 0 Å². The number of rotatable bonds is 4. The predicted molar refractivity (Wildman–Crippen MR) is 53.8 cm³/mol. The van der Waals surface area contributed by atoms with E-state index in [0.717, 1.165) is 13.0 Å². The number of hydrogen-bond donors (Lipinski definition) is 1. The van der Waals surface area contributed by atoms with E-state index in [2.05, 4.69) is 24.1 Å². The van der Waals surface area contributed by atoms with Gasteiger partial charge in [-0.05, 0) is 20.0 Å². The summed E-state index contributed by atoms with van der Waals surface area (Å²) in [6.45, 7) is 5.40. The zero-order valence-electron chi connectivity index (χ0n) is 7.92. The Morgan fingerprint density at radius 1 is 1.58 bits per heavy atom. The van der Waals surface area contributed by atoms with E-state index < -0.39 is 0 Å². The Morgan fingerprint density at radius 2 is 2.33 bits per heavy atom. The quantitative estimate of drug-likeness (QED) is 0.774. The van der Waals surface area contributed by atoms with Gasteiger partial charge in [-0.1, -0.05) is 13.8 Å². The molecule has 1 aromatic heterocycles. The molecule has 2 nitrogen and oxygen atoms in total. The Hall–Kier alpha value is -0.410. The van der Waals surface area contributed by atoms with E-state index >= 15 is 0 Å². The summed E-state index contributed by atoms with van der Waals surface area (Å²) in [6, 6.07) is 0. The molecule has 0 saturated carbocycles. The summed E-state index contributed by atoms with van der Waals surface area (Å²) in [5.74, 6) is 0.568. The van der Waals surface area contributed by atoms with E-state index in [0.29, 0.717) is 5.92 Å². The summed E-state index contributed by atoms with van der Waals surface area (Å²) in [5.41, 5.74) is 0. The molecular weight excluding hydrogens is 168 g/mol. The van der Waals surface area contributed by atoms with Crippen LogP contribution in [-0.2, 0) is 6.42 Å². The summed E-state index contributed by atoms with van der Waals surface area (Å²) in [5, 5.41) is 4.38. The highest BCUT2D eigenvalue weighted by Crippen LogP contribution is 2.20. The first-order valence-corrected chi connectivity index (χ1v) is 5.15. The fraction of sp³-hybridized carbons (Fsp3) is 0.667. The molecule has 0 saturated heterocycles. The zero-order valence-corrected chi connectivity index (χ0v) is 8.74. The van der Waals surface area contributed by atoms with Gasteiger partial charge in [-0.25, -0.2) is 4.98 Å². The van der Waals surface area contributed by atoms with Gasteiger partial charge in [0.2, 0.25) is 0 Å². The summed E-state index contributed by atoms with van der Waals surface area (Å²) >= 11 is 1.83. The standard InChI is InChI=1S/C9H16N2S/c1-7(2)9-11-6-8(12-9)4-5-10-3/h6-7,10H,4-5H2,1-3H3. The molecule has 1 aromatic rings. The molecule has 68 valence electrons. The van der Waals surface area contributed by atoms with Crippen molar-refractivity contribution in [2.75, 3.05) is 13.6 Å². The lowest BCUT2D eigenvalue weighted by Gasteiger charge is -1.96. The maximum absolute atomic E-state index is 4.36. The molecule has 1 N–H and O–H groups in total. The van der Waals surface area contributed by atoms with Gasteiger partial charge in [-0.3, -0.25) is 0 Å². The molecule has 0 aliphatic rings. The third-order valence-electron chi connectivity index (χ3n) is 1.69. The maximum atomic E-state index is 4.36. The number of likely N-dealkylation sites (N-methyl/N-ethyl adjacent to an activating group) is 1. The van der Waals surface area contributed by atoms with Gasteiger partial charge in [-0.15, -0.1) is 11.3 Å². The van der Waals surface area contributed by atoms with Crippen LogP contribution in [0.1, 0.15) is 29.7 Å². The maximum Gasteiger partial charge on any atom is 0.0953 e. The van der Waals surface area contributed by atoms with Gasteiger partial charge in [0.05, 0.1) is 5.01 Å². The van der Waals surface area contributed by atoms with Crippen molar-refractivity contribution in [3.63, 3.8) is 0 Å². The Balaban J connectivity index is 2.52. The normalized spacial score (nSPS) is 11.0. The number of nitrogens with zero attached hydrogens (tertiary/aromatic N) is 1. The van der Waals surface area contributed by atoms with Crippen LogP contribution in [0.5, 0.6) is 0 Å². The van der Waals surface area contributed by atoms with Crippen LogP contribution in [0.3, 0.4) is 0 Å². The highest BCUT2D eigenvalue weighted by Gasteiger charge is 2.04. The summed E-state index contributed by atoms with van der Waals surface area (Å²) in [6.07, 6.45) is 3.10. The molecule has 1 heterocycles. The van der Waals surface area contributed by atoms with Gasteiger partial charge in [0.25, 0.3) is 0 Å². The smallest absolute Gasteiger partial charge is 0.0953 e. The Morgan fingerprint density at radius 3 is 2.83 bits per heavy atom. The van der Waals surface area contributed by atoms with Crippen molar-refractivity contribution < 1.29 is 0 Å².